The Bertz CT molecular complexity index is 869. The fourth-order valence-corrected chi connectivity index (χ4v) is 2.55. The molecule has 0 atom stereocenters. The number of nitrogens with one attached hydrogen (secondary N) is 1. The van der Waals surface area contributed by atoms with Crippen molar-refractivity contribution >= 4 is 40.0 Å². The number of fused-ring (bicyclic) bond motifs is 1. The van der Waals surface area contributed by atoms with Gasteiger partial charge in [-0.05, 0) is 19.1 Å². The molecule has 1 aromatic carbocycles. The van der Waals surface area contributed by atoms with Crippen molar-refractivity contribution < 1.29 is 4.74 Å². The highest BCUT2D eigenvalue weighted by Crippen LogP contribution is 2.29. The summed E-state index contributed by atoms with van der Waals surface area (Å²) in [5.41, 5.74) is 8.79. The van der Waals surface area contributed by atoms with Gasteiger partial charge in [0.2, 0.25) is 5.88 Å². The highest BCUT2D eigenvalue weighted by atomic mass is 32.1. The van der Waals surface area contributed by atoms with E-state index in [2.05, 4.69) is 19.0 Å². The van der Waals surface area contributed by atoms with Gasteiger partial charge in [-0.25, -0.2) is 0 Å². The molecule has 3 aromatic rings. The van der Waals surface area contributed by atoms with E-state index in [1.54, 1.807) is 6.07 Å². The Morgan fingerprint density at radius 3 is 3.05 bits per heavy atom. The average Bonchev–Trinajstić information content (AvgIpc) is 2.97. The van der Waals surface area contributed by atoms with Gasteiger partial charge in [0.05, 0.1) is 29.7 Å². The summed E-state index contributed by atoms with van der Waals surface area (Å²) >= 11 is 1.15. The third-order valence-electron chi connectivity index (χ3n) is 2.96. The van der Waals surface area contributed by atoms with Crippen LogP contribution in [-0.2, 0) is 0 Å². The molecule has 7 nitrogen and oxygen atoms in total. The summed E-state index contributed by atoms with van der Waals surface area (Å²) in [5, 5.41) is 12.3. The predicted molar refractivity (Wildman–Crippen MR) is 85.2 cm³/mol. The van der Waals surface area contributed by atoms with Crippen LogP contribution >= 0.6 is 11.7 Å². The Kier molecular flexibility index (Phi) is 3.72. The van der Waals surface area contributed by atoms with Gasteiger partial charge in [-0.2, -0.15) is 19.0 Å². The topological polar surface area (TPSA) is 110 Å². The molecular formula is C14H12N6OS. The highest BCUT2D eigenvalue weighted by Gasteiger charge is 2.13. The number of ether oxygens (including phenoxy) is 1. The van der Waals surface area contributed by atoms with Gasteiger partial charge >= 0.3 is 0 Å². The number of aromatic nitrogens is 3. The van der Waals surface area contributed by atoms with Crippen molar-refractivity contribution in [1.29, 1.82) is 5.26 Å². The number of rotatable bonds is 4. The van der Waals surface area contributed by atoms with E-state index in [0.29, 0.717) is 18.1 Å². The number of hydrogen-bond acceptors (Lipinski definition) is 8. The van der Waals surface area contributed by atoms with E-state index in [0.717, 1.165) is 28.4 Å². The molecule has 0 aliphatic rings. The minimum atomic E-state index is 0.219. The van der Waals surface area contributed by atoms with Gasteiger partial charge in [-0.1, -0.05) is 6.07 Å². The second-order valence-electron chi connectivity index (χ2n) is 4.38. The molecule has 3 rings (SSSR count). The predicted octanol–water partition coefficient (Wildman–Crippen LogP) is 2.68. The third-order valence-corrected chi connectivity index (χ3v) is 3.50. The molecular weight excluding hydrogens is 300 g/mol. The molecule has 0 amide bonds. The van der Waals surface area contributed by atoms with Crippen LogP contribution < -0.4 is 15.8 Å². The molecule has 0 fully saturated rings. The standard InChI is InChI=1S/C14H12N6OS/c1-2-21-14-8(7-15)9(16)6-12(18-14)17-10-4-3-5-11-13(10)20-22-19-11/h3-6H,2H2,1H3,(H3,16,17,18). The van der Waals surface area contributed by atoms with Gasteiger partial charge in [0, 0.05) is 6.07 Å². The molecule has 0 spiro atoms. The number of anilines is 3. The lowest BCUT2D eigenvalue weighted by Gasteiger charge is -2.11. The normalized spacial score (nSPS) is 10.4. The Morgan fingerprint density at radius 1 is 1.41 bits per heavy atom. The zero-order valence-corrected chi connectivity index (χ0v) is 12.5. The molecule has 8 heteroatoms. The molecule has 0 unspecified atom stereocenters. The summed E-state index contributed by atoms with van der Waals surface area (Å²) in [6.45, 7) is 2.22. The first kappa shape index (κ1) is 14.0. The Balaban J connectivity index is 2.02. The average molecular weight is 312 g/mol. The molecule has 3 N–H and O–H groups in total. The van der Waals surface area contributed by atoms with Crippen molar-refractivity contribution in [3.63, 3.8) is 0 Å². The zero-order chi connectivity index (χ0) is 15.5. The molecule has 0 radical (unpaired) electrons. The van der Waals surface area contributed by atoms with Crippen LogP contribution in [0.4, 0.5) is 17.2 Å². The van der Waals surface area contributed by atoms with E-state index in [-0.39, 0.29) is 11.4 Å². The first-order valence-corrected chi connectivity index (χ1v) is 7.27. The summed E-state index contributed by atoms with van der Waals surface area (Å²) < 4.78 is 13.8. The molecule has 0 saturated carbocycles. The van der Waals surface area contributed by atoms with E-state index in [1.807, 2.05) is 31.2 Å². The molecule has 0 aliphatic heterocycles. The van der Waals surface area contributed by atoms with E-state index in [1.165, 1.54) is 0 Å². The van der Waals surface area contributed by atoms with Gasteiger partial charge in [0.15, 0.2) is 0 Å². The van der Waals surface area contributed by atoms with Crippen LogP contribution in [0.5, 0.6) is 5.88 Å². The minimum Gasteiger partial charge on any atom is -0.477 e. The van der Waals surface area contributed by atoms with E-state index in [9.17, 15) is 0 Å². The SMILES string of the molecule is CCOc1nc(Nc2cccc3nsnc23)cc(N)c1C#N. The van der Waals surface area contributed by atoms with E-state index < -0.39 is 0 Å². The van der Waals surface area contributed by atoms with Crippen LogP contribution in [-0.4, -0.2) is 20.3 Å². The molecule has 0 saturated heterocycles. The fraction of sp³-hybridized carbons (Fsp3) is 0.143. The maximum Gasteiger partial charge on any atom is 0.235 e. The van der Waals surface area contributed by atoms with Gasteiger partial charge in [-0.3, -0.25) is 0 Å². The summed E-state index contributed by atoms with van der Waals surface area (Å²) in [5.74, 6) is 0.705. The zero-order valence-electron chi connectivity index (χ0n) is 11.7. The first-order chi connectivity index (χ1) is 10.7. The van der Waals surface area contributed by atoms with Crippen molar-refractivity contribution in [2.24, 2.45) is 0 Å². The number of nitriles is 1. The van der Waals surface area contributed by atoms with Gasteiger partial charge < -0.3 is 15.8 Å². The largest absolute Gasteiger partial charge is 0.477 e. The number of benzene rings is 1. The van der Waals surface area contributed by atoms with Crippen molar-refractivity contribution in [1.82, 2.24) is 13.7 Å². The monoisotopic (exact) mass is 312 g/mol. The number of hydrogen-bond donors (Lipinski definition) is 2. The first-order valence-electron chi connectivity index (χ1n) is 6.54. The van der Waals surface area contributed by atoms with Crippen molar-refractivity contribution in [2.45, 2.75) is 6.92 Å². The molecule has 2 aromatic heterocycles. The molecule has 0 bridgehead atoms. The summed E-state index contributed by atoms with van der Waals surface area (Å²) in [6.07, 6.45) is 0. The number of nitrogens with two attached hydrogens (primary N) is 1. The Labute approximate surface area is 130 Å². The van der Waals surface area contributed by atoms with Crippen molar-refractivity contribution in [2.75, 3.05) is 17.7 Å². The fourth-order valence-electron chi connectivity index (χ4n) is 2.00. The minimum absolute atomic E-state index is 0.219. The second-order valence-corrected chi connectivity index (χ2v) is 4.91. The second kappa shape index (κ2) is 5.83. The van der Waals surface area contributed by atoms with Gasteiger partial charge in [-0.15, -0.1) is 0 Å². The third kappa shape index (κ3) is 2.49. The smallest absolute Gasteiger partial charge is 0.235 e. The van der Waals surface area contributed by atoms with Crippen LogP contribution in [0.1, 0.15) is 12.5 Å². The molecule has 22 heavy (non-hydrogen) atoms. The maximum atomic E-state index is 9.13. The van der Waals surface area contributed by atoms with E-state index >= 15 is 0 Å². The van der Waals surface area contributed by atoms with Gasteiger partial charge in [0.1, 0.15) is 28.5 Å². The molecule has 110 valence electrons. The van der Waals surface area contributed by atoms with Crippen molar-refractivity contribution in [3.05, 3.63) is 29.8 Å². The maximum absolute atomic E-state index is 9.13. The van der Waals surface area contributed by atoms with Crippen LogP contribution in [0.3, 0.4) is 0 Å². The lowest BCUT2D eigenvalue weighted by molar-refractivity contribution is 0.326. The van der Waals surface area contributed by atoms with Crippen LogP contribution in [0, 0.1) is 11.3 Å². The number of nitrogens with zero attached hydrogens (tertiary/aromatic N) is 4. The van der Waals surface area contributed by atoms with Crippen LogP contribution in [0.25, 0.3) is 11.0 Å². The quantitative estimate of drug-likeness (QED) is 0.762. The van der Waals surface area contributed by atoms with E-state index in [4.69, 9.17) is 15.7 Å². The summed E-state index contributed by atoms with van der Waals surface area (Å²) in [7, 11) is 0. The number of pyridine rings is 1. The lowest BCUT2D eigenvalue weighted by atomic mass is 10.2. The molecule has 2 heterocycles. The van der Waals surface area contributed by atoms with Gasteiger partial charge in [0.25, 0.3) is 0 Å². The number of nitrogen functional groups attached to an aromatic ring is 1. The molecule has 0 aliphatic carbocycles. The van der Waals surface area contributed by atoms with Crippen LogP contribution in [0.15, 0.2) is 24.3 Å². The summed E-state index contributed by atoms with van der Waals surface area (Å²) in [6, 6.07) is 9.24. The van der Waals surface area contributed by atoms with Crippen molar-refractivity contribution in [3.8, 4) is 11.9 Å². The summed E-state index contributed by atoms with van der Waals surface area (Å²) in [4.78, 5) is 4.30. The lowest BCUT2D eigenvalue weighted by Crippen LogP contribution is -2.04. The Hall–Kier alpha value is -2.92. The highest BCUT2D eigenvalue weighted by molar-refractivity contribution is 7.00. The van der Waals surface area contributed by atoms with Crippen LogP contribution in [0.2, 0.25) is 0 Å². The Morgan fingerprint density at radius 2 is 2.27 bits per heavy atom.